The summed E-state index contributed by atoms with van der Waals surface area (Å²) in [5.41, 5.74) is -0.163. The van der Waals surface area contributed by atoms with Gasteiger partial charge in [0, 0.05) is 10.0 Å². The van der Waals surface area contributed by atoms with Crippen LogP contribution in [0.1, 0.15) is 52.0 Å². The first-order valence-corrected chi connectivity index (χ1v) is 9.59. The Kier molecular flexibility index (Phi) is 6.75. The second-order valence-corrected chi connectivity index (χ2v) is 8.74. The average Bonchev–Trinajstić information content (AvgIpc) is 3.02. The quantitative estimate of drug-likeness (QED) is 0.690. The molecule has 1 aliphatic rings. The predicted octanol–water partition coefficient (Wildman–Crippen LogP) is 4.60. The van der Waals surface area contributed by atoms with Gasteiger partial charge in [-0.15, -0.1) is 0 Å². The molecule has 2 amide bonds. The van der Waals surface area contributed by atoms with Crippen molar-refractivity contribution in [2.45, 2.75) is 58.0 Å². The molecule has 0 spiro atoms. The largest absolute Gasteiger partial charge is 0.347 e. The zero-order valence-electron chi connectivity index (χ0n) is 15.4. The maximum atomic E-state index is 12.9. The van der Waals surface area contributed by atoms with Crippen molar-refractivity contribution < 1.29 is 9.59 Å². The van der Waals surface area contributed by atoms with E-state index in [2.05, 4.69) is 31.4 Å². The lowest BCUT2D eigenvalue weighted by atomic mass is 9.85. The van der Waals surface area contributed by atoms with Gasteiger partial charge in [0.2, 0.25) is 12.3 Å². The Morgan fingerprint density at radius 3 is 2.42 bits per heavy atom. The Balaban J connectivity index is 2.21. The topological polar surface area (TPSA) is 58.2 Å². The summed E-state index contributed by atoms with van der Waals surface area (Å²) in [4.78, 5) is 23.9. The highest BCUT2D eigenvalue weighted by Gasteiger charge is 2.42. The third kappa shape index (κ3) is 5.01. The number of amides is 2. The van der Waals surface area contributed by atoms with Crippen LogP contribution >= 0.6 is 23.2 Å². The average molecular weight is 397 g/mol. The fraction of sp³-hybridized carbons (Fsp3) is 0.500. The molecule has 0 bridgehead atoms. The lowest BCUT2D eigenvalue weighted by Crippen LogP contribution is -2.58. The van der Waals surface area contributed by atoms with Crippen molar-refractivity contribution in [2.75, 3.05) is 0 Å². The molecule has 1 fully saturated rings. The van der Waals surface area contributed by atoms with Crippen LogP contribution in [-0.2, 0) is 9.59 Å². The summed E-state index contributed by atoms with van der Waals surface area (Å²) in [5, 5.41) is 7.00. The summed E-state index contributed by atoms with van der Waals surface area (Å²) in [7, 11) is 0. The van der Waals surface area contributed by atoms with Gasteiger partial charge in [0.25, 0.3) is 0 Å². The highest BCUT2D eigenvalue weighted by molar-refractivity contribution is 6.35. The van der Waals surface area contributed by atoms with Crippen molar-refractivity contribution in [3.8, 4) is 0 Å². The third-order valence-electron chi connectivity index (χ3n) is 4.88. The first-order valence-electron chi connectivity index (χ1n) is 8.83. The minimum absolute atomic E-state index is 0.131. The first-order chi connectivity index (χ1) is 12.2. The number of carbonyl (C=O) groups excluding carboxylic acids is 2. The number of hydrogen-bond donors (Lipinski definition) is 2. The van der Waals surface area contributed by atoms with Crippen molar-refractivity contribution >= 4 is 41.6 Å². The van der Waals surface area contributed by atoms with Gasteiger partial charge >= 0.3 is 0 Å². The van der Waals surface area contributed by atoms with E-state index in [4.69, 9.17) is 23.2 Å². The summed E-state index contributed by atoms with van der Waals surface area (Å²) in [6.45, 7) is 6.17. The van der Waals surface area contributed by atoms with Gasteiger partial charge < -0.3 is 10.6 Å². The Morgan fingerprint density at radius 2 is 1.88 bits per heavy atom. The molecule has 26 heavy (non-hydrogen) atoms. The molecule has 0 aromatic heterocycles. The maximum absolute atomic E-state index is 12.9. The normalized spacial score (nSPS) is 17.9. The van der Waals surface area contributed by atoms with Crippen molar-refractivity contribution in [2.24, 2.45) is 5.41 Å². The van der Waals surface area contributed by atoms with Crippen molar-refractivity contribution in [1.29, 1.82) is 0 Å². The van der Waals surface area contributed by atoms with Gasteiger partial charge in [-0.05, 0) is 36.0 Å². The Labute approximate surface area is 165 Å². The van der Waals surface area contributed by atoms with Gasteiger partial charge in [0.15, 0.2) is 0 Å². The zero-order chi connectivity index (χ0) is 19.4. The smallest absolute Gasteiger partial charge is 0.246 e. The predicted molar refractivity (Wildman–Crippen MR) is 107 cm³/mol. The Hall–Kier alpha value is -1.52. The monoisotopic (exact) mass is 396 g/mol. The van der Waals surface area contributed by atoms with Gasteiger partial charge in [0.1, 0.15) is 5.54 Å². The SMILES string of the molecule is CC(C)(C)C(/C=C/c1ccc(Cl)cc1Cl)NC(=O)C1(NC=O)CCCC1. The van der Waals surface area contributed by atoms with Crippen LogP contribution in [-0.4, -0.2) is 23.9 Å². The van der Waals surface area contributed by atoms with E-state index in [9.17, 15) is 9.59 Å². The number of halogens is 2. The molecule has 142 valence electrons. The number of carbonyl (C=O) groups is 2. The highest BCUT2D eigenvalue weighted by atomic mass is 35.5. The molecule has 0 heterocycles. The molecule has 1 saturated carbocycles. The highest BCUT2D eigenvalue weighted by Crippen LogP contribution is 2.31. The minimum Gasteiger partial charge on any atom is -0.347 e. The van der Waals surface area contributed by atoms with Crippen LogP contribution < -0.4 is 10.6 Å². The molecule has 1 unspecified atom stereocenters. The van der Waals surface area contributed by atoms with E-state index < -0.39 is 5.54 Å². The van der Waals surface area contributed by atoms with E-state index >= 15 is 0 Å². The molecule has 2 rings (SSSR count). The van der Waals surface area contributed by atoms with E-state index in [0.29, 0.717) is 29.3 Å². The van der Waals surface area contributed by atoms with Crippen LogP contribution in [0.15, 0.2) is 24.3 Å². The molecule has 0 radical (unpaired) electrons. The van der Waals surface area contributed by atoms with Gasteiger partial charge in [-0.2, -0.15) is 0 Å². The lowest BCUT2D eigenvalue weighted by Gasteiger charge is -2.34. The molecule has 1 aromatic rings. The Morgan fingerprint density at radius 1 is 1.23 bits per heavy atom. The van der Waals surface area contributed by atoms with E-state index in [1.807, 2.05) is 18.2 Å². The number of nitrogens with one attached hydrogen (secondary N) is 2. The van der Waals surface area contributed by atoms with Crippen LogP contribution in [0.2, 0.25) is 10.0 Å². The van der Waals surface area contributed by atoms with E-state index in [0.717, 1.165) is 18.4 Å². The maximum Gasteiger partial charge on any atom is 0.246 e. The summed E-state index contributed by atoms with van der Waals surface area (Å²) >= 11 is 12.2. The van der Waals surface area contributed by atoms with Crippen LogP contribution in [0.25, 0.3) is 6.08 Å². The number of benzene rings is 1. The molecule has 1 aromatic carbocycles. The lowest BCUT2D eigenvalue weighted by molar-refractivity contribution is -0.131. The molecule has 1 atom stereocenters. The molecule has 6 heteroatoms. The first kappa shape index (κ1) is 20.8. The van der Waals surface area contributed by atoms with Crippen molar-refractivity contribution in [1.82, 2.24) is 10.6 Å². The second-order valence-electron chi connectivity index (χ2n) is 7.89. The fourth-order valence-electron chi connectivity index (χ4n) is 3.20. The van der Waals surface area contributed by atoms with Crippen LogP contribution in [0, 0.1) is 5.41 Å². The van der Waals surface area contributed by atoms with Crippen molar-refractivity contribution in [3.63, 3.8) is 0 Å². The molecule has 0 aliphatic heterocycles. The summed E-state index contributed by atoms with van der Waals surface area (Å²) < 4.78 is 0. The summed E-state index contributed by atoms with van der Waals surface area (Å²) in [6.07, 6.45) is 7.66. The van der Waals surface area contributed by atoms with Gasteiger partial charge in [-0.3, -0.25) is 9.59 Å². The van der Waals surface area contributed by atoms with Gasteiger partial charge in [-0.1, -0.05) is 75.0 Å². The van der Waals surface area contributed by atoms with Crippen LogP contribution in [0.5, 0.6) is 0 Å². The Bertz CT molecular complexity index is 690. The second kappa shape index (κ2) is 8.45. The molecule has 1 aliphatic carbocycles. The summed E-state index contributed by atoms with van der Waals surface area (Å²) in [6, 6.07) is 5.09. The van der Waals surface area contributed by atoms with Crippen LogP contribution in [0.3, 0.4) is 0 Å². The van der Waals surface area contributed by atoms with E-state index in [1.54, 1.807) is 12.1 Å². The molecular weight excluding hydrogens is 371 g/mol. The van der Waals surface area contributed by atoms with Gasteiger partial charge in [-0.25, -0.2) is 0 Å². The fourth-order valence-corrected chi connectivity index (χ4v) is 3.67. The molecule has 4 nitrogen and oxygen atoms in total. The zero-order valence-corrected chi connectivity index (χ0v) is 17.0. The standard InChI is InChI=1S/C20H26Cl2N2O2/c1-19(2,3)17(9-7-14-6-8-15(21)12-16(14)22)24-18(26)20(23-13-25)10-4-5-11-20/h6-9,12-13,17H,4-5,10-11H2,1-3H3,(H,23,25)(H,24,26)/b9-7+. The van der Waals surface area contributed by atoms with Crippen LogP contribution in [0.4, 0.5) is 0 Å². The molecule has 0 saturated heterocycles. The minimum atomic E-state index is -0.795. The molecule has 2 N–H and O–H groups in total. The van der Waals surface area contributed by atoms with Crippen molar-refractivity contribution in [3.05, 3.63) is 39.9 Å². The van der Waals surface area contributed by atoms with E-state index in [-0.39, 0.29) is 17.4 Å². The number of rotatable bonds is 6. The number of hydrogen-bond acceptors (Lipinski definition) is 2. The van der Waals surface area contributed by atoms with Gasteiger partial charge in [0.05, 0.1) is 6.04 Å². The van der Waals surface area contributed by atoms with E-state index in [1.165, 1.54) is 0 Å². The molecular formula is C20H26Cl2N2O2. The summed E-state index contributed by atoms with van der Waals surface area (Å²) in [5.74, 6) is -0.131. The third-order valence-corrected chi connectivity index (χ3v) is 5.44.